The predicted octanol–water partition coefficient (Wildman–Crippen LogP) is -1.58. The van der Waals surface area contributed by atoms with Gasteiger partial charge < -0.3 is 79.5 Å². The van der Waals surface area contributed by atoms with Crippen molar-refractivity contribution in [1.82, 2.24) is 58.6 Å². The molecule has 0 bridgehead atoms. The average Bonchev–Trinajstić information content (AvgIpc) is 4.13. The Kier molecular flexibility index (Phi) is 13.4. The highest BCUT2D eigenvalue weighted by atomic mass is 32.5. The molecule has 31 nitrogen and oxygen atoms in total. The van der Waals surface area contributed by atoms with Crippen LogP contribution in [0.3, 0.4) is 0 Å². The number of phosphoric ester groups is 1. The van der Waals surface area contributed by atoms with Crippen LogP contribution in [0.5, 0.6) is 0 Å². The van der Waals surface area contributed by atoms with Crippen molar-refractivity contribution in [2.45, 2.75) is 73.9 Å². The fourth-order valence-electron chi connectivity index (χ4n) is 7.79. The number of nitrogens with zero attached hydrogens (tertiary/aromatic N) is 12. The van der Waals surface area contributed by atoms with Crippen LogP contribution in [0.1, 0.15) is 25.1 Å². The molecule has 0 aliphatic carbocycles. The number of phosphoric acid groups is 1. The normalized spacial score (nSPS) is 29.9. The number of nitrogens with two attached hydrogens (primary N) is 3. The minimum atomic E-state index is -5.14. The van der Waals surface area contributed by atoms with Crippen molar-refractivity contribution in [2.75, 3.05) is 44.1 Å². The van der Waals surface area contributed by atoms with Crippen LogP contribution in [0.2, 0.25) is 0 Å². The SMILES string of the molecule is COC1C(COP(O)(O)=S)OC(n2cnc3c(N)ncnc32)C1OP(=O)(O)OCC1CC(OP(O)(=S)OCC2OC(n3cnc4c(N)ncnc43)C(O)C2O)C(n2cnc3c(N)ncnc32)O1. The number of aliphatic hydroxyl groups is 2. The largest absolute Gasteiger partial charge is 0.472 e. The first-order valence-corrected chi connectivity index (χ1v) is 26.2. The van der Waals surface area contributed by atoms with Gasteiger partial charge in [0.05, 0.1) is 44.9 Å². The van der Waals surface area contributed by atoms with Gasteiger partial charge in [0.1, 0.15) is 78.3 Å². The van der Waals surface area contributed by atoms with Gasteiger partial charge in [-0.15, -0.1) is 0 Å². The number of rotatable bonds is 17. The molecule has 9 rings (SSSR count). The van der Waals surface area contributed by atoms with Crippen LogP contribution in [-0.4, -0.2) is 164 Å². The number of methoxy groups -OCH3 is 1. The second-order valence-electron chi connectivity index (χ2n) is 15.0. The van der Waals surface area contributed by atoms with E-state index in [1.807, 2.05) is 0 Å². The molecule has 362 valence electrons. The maximum Gasteiger partial charge on any atom is 0.472 e. The van der Waals surface area contributed by atoms with Crippen molar-refractivity contribution in [3.05, 3.63) is 38.0 Å². The first-order valence-electron chi connectivity index (χ1n) is 19.5. The van der Waals surface area contributed by atoms with Gasteiger partial charge in [0.15, 0.2) is 53.1 Å². The van der Waals surface area contributed by atoms with Crippen molar-refractivity contribution in [1.29, 1.82) is 0 Å². The topological polar surface area (TPSA) is 430 Å². The number of nitrogen functional groups attached to an aromatic ring is 3. The lowest BCUT2D eigenvalue weighted by molar-refractivity contribution is -0.0608. The number of fused-ring (bicyclic) bond motifs is 3. The van der Waals surface area contributed by atoms with Crippen LogP contribution < -0.4 is 17.2 Å². The molecule has 12 N–H and O–H groups in total. The molecule has 3 saturated heterocycles. The molecule has 3 aliphatic heterocycles. The van der Waals surface area contributed by atoms with Crippen molar-refractivity contribution in [2.24, 2.45) is 0 Å². The third kappa shape index (κ3) is 9.78. The Labute approximate surface area is 385 Å². The van der Waals surface area contributed by atoms with Gasteiger partial charge in [-0.2, -0.15) is 0 Å². The fraction of sp³-hybridized carbons (Fsp3) is 0.516. The number of hydrogen-bond acceptors (Lipinski definition) is 26. The van der Waals surface area contributed by atoms with E-state index in [4.69, 9.17) is 70.6 Å². The smallest absolute Gasteiger partial charge is 0.387 e. The second-order valence-corrected chi connectivity index (χ2v) is 21.8. The van der Waals surface area contributed by atoms with E-state index in [9.17, 15) is 34.4 Å². The van der Waals surface area contributed by atoms with Gasteiger partial charge in [-0.3, -0.25) is 22.7 Å². The summed E-state index contributed by atoms with van der Waals surface area (Å²) >= 11 is 9.98. The molecule has 13 unspecified atom stereocenters. The molecule has 9 heterocycles. The Morgan fingerprint density at radius 3 is 1.69 bits per heavy atom. The molecule has 36 heteroatoms. The molecule has 0 amide bonds. The molecule has 0 radical (unpaired) electrons. The Balaban J connectivity index is 0.909. The van der Waals surface area contributed by atoms with Gasteiger partial charge >= 0.3 is 21.3 Å². The van der Waals surface area contributed by atoms with E-state index in [2.05, 4.69) is 56.7 Å². The number of ether oxygens (including phenoxy) is 4. The molecular formula is C31H40N15O16P3S2. The molecule has 0 saturated carbocycles. The van der Waals surface area contributed by atoms with E-state index < -0.39 is 109 Å². The quantitative estimate of drug-likeness (QED) is 0.0465. The zero-order chi connectivity index (χ0) is 47.6. The Morgan fingerprint density at radius 2 is 1.15 bits per heavy atom. The van der Waals surface area contributed by atoms with Gasteiger partial charge in [-0.1, -0.05) is 0 Å². The molecule has 3 aliphatic rings. The third-order valence-electron chi connectivity index (χ3n) is 10.8. The molecule has 0 aromatic carbocycles. The summed E-state index contributed by atoms with van der Waals surface area (Å²) in [6.07, 6.45) is -6.90. The second kappa shape index (κ2) is 18.7. The Bertz CT molecular complexity index is 2930. The van der Waals surface area contributed by atoms with Crippen LogP contribution >= 0.6 is 21.3 Å². The van der Waals surface area contributed by atoms with Gasteiger partial charge in [0, 0.05) is 13.5 Å². The number of anilines is 3. The van der Waals surface area contributed by atoms with Crippen molar-refractivity contribution in [3.63, 3.8) is 0 Å². The van der Waals surface area contributed by atoms with Crippen LogP contribution in [-0.2, 0) is 69.7 Å². The number of imidazole rings is 3. The first kappa shape index (κ1) is 48.0. The summed E-state index contributed by atoms with van der Waals surface area (Å²) in [4.78, 5) is 79.2. The lowest BCUT2D eigenvalue weighted by atomic mass is 10.1. The van der Waals surface area contributed by atoms with E-state index in [0.717, 1.165) is 6.33 Å². The van der Waals surface area contributed by atoms with Crippen molar-refractivity contribution >= 4 is 95.8 Å². The highest BCUT2D eigenvalue weighted by Crippen LogP contribution is 2.53. The number of hydrogen-bond donors (Lipinski definition) is 9. The van der Waals surface area contributed by atoms with E-state index in [1.165, 1.54) is 52.4 Å². The van der Waals surface area contributed by atoms with Crippen LogP contribution in [0.15, 0.2) is 38.0 Å². The van der Waals surface area contributed by atoms with Crippen molar-refractivity contribution in [3.8, 4) is 0 Å². The molecule has 13 atom stereocenters. The third-order valence-corrected chi connectivity index (χ3v) is 14.2. The molecule has 0 spiro atoms. The molecule has 6 aromatic rings. The van der Waals surface area contributed by atoms with Crippen LogP contribution in [0.25, 0.3) is 33.5 Å². The lowest BCUT2D eigenvalue weighted by Gasteiger charge is -2.26. The summed E-state index contributed by atoms with van der Waals surface area (Å²) in [6, 6.07) is 0. The summed E-state index contributed by atoms with van der Waals surface area (Å²) < 4.78 is 69.7. The number of aliphatic hydroxyl groups excluding tert-OH is 2. The van der Waals surface area contributed by atoms with Crippen LogP contribution in [0.4, 0.5) is 17.5 Å². The lowest BCUT2D eigenvalue weighted by Crippen LogP contribution is -2.37. The minimum Gasteiger partial charge on any atom is -0.387 e. The van der Waals surface area contributed by atoms with Crippen LogP contribution in [0, 0.1) is 0 Å². The maximum absolute atomic E-state index is 13.9. The summed E-state index contributed by atoms with van der Waals surface area (Å²) in [7, 11) is -3.89. The zero-order valence-electron chi connectivity index (χ0n) is 34.2. The van der Waals surface area contributed by atoms with E-state index in [0.29, 0.717) is 0 Å². The highest BCUT2D eigenvalue weighted by molar-refractivity contribution is 8.07. The van der Waals surface area contributed by atoms with Crippen molar-refractivity contribution < 1.29 is 75.9 Å². The average molecular weight is 1040 g/mol. The predicted molar refractivity (Wildman–Crippen MR) is 231 cm³/mol. The van der Waals surface area contributed by atoms with Gasteiger partial charge in [0.2, 0.25) is 0 Å². The summed E-state index contributed by atoms with van der Waals surface area (Å²) in [5.74, 6) is 0.151. The Hall–Kier alpha value is -4.02. The van der Waals surface area contributed by atoms with Gasteiger partial charge in [-0.05, 0) is 23.6 Å². The Morgan fingerprint density at radius 1 is 0.642 bits per heavy atom. The van der Waals surface area contributed by atoms with E-state index in [1.54, 1.807) is 0 Å². The minimum absolute atomic E-state index is 0.0256. The molecular weight excluding hydrogens is 995 g/mol. The highest BCUT2D eigenvalue weighted by Gasteiger charge is 2.52. The standard InChI is InChI=1S/C31H40N15O16P3S2/c1-54-21-15(5-56-64(51,52)66)60-31(46-11-43-18-25(34)37-8-40-28(18)46)22(21)62-63(49,50)55-3-12-2-13(29(58-12)44-9-41-16-23(32)35-6-38-26(16)44)61-65(53,67)57-4-14-19(47)20(48)30(59-14)45-10-42-17-24(33)36-7-39-27(17)45/h6-15,19-22,29-31,47-48H,2-5H2,1H3,(H,49,50)(H,53,67)(H2,32,35,38)(H2,33,36,39)(H2,34,37,40)(H2,51,52,66). The van der Waals surface area contributed by atoms with E-state index >= 15 is 0 Å². The summed E-state index contributed by atoms with van der Waals surface area (Å²) in [6.45, 7) is -10.2. The van der Waals surface area contributed by atoms with E-state index in [-0.39, 0.29) is 57.4 Å². The fourth-order valence-corrected chi connectivity index (χ4v) is 10.7. The monoisotopic (exact) mass is 1040 g/mol. The summed E-state index contributed by atoms with van der Waals surface area (Å²) in [5.41, 5.74) is 19.1. The number of aromatic nitrogens is 12. The van der Waals surface area contributed by atoms with Gasteiger partial charge in [-0.25, -0.2) is 49.4 Å². The summed E-state index contributed by atoms with van der Waals surface area (Å²) in [5, 5.41) is 21.8. The molecule has 67 heavy (non-hydrogen) atoms. The molecule has 6 aromatic heterocycles. The zero-order valence-corrected chi connectivity index (χ0v) is 38.5. The maximum atomic E-state index is 13.9. The van der Waals surface area contributed by atoms with Gasteiger partial charge in [0.25, 0.3) is 0 Å². The first-order chi connectivity index (χ1) is 31.8. The molecule has 3 fully saturated rings.